The topological polar surface area (TPSA) is 163 Å². The van der Waals surface area contributed by atoms with Crippen molar-refractivity contribution in [3.8, 4) is 5.75 Å². The quantitative estimate of drug-likeness (QED) is 0.371. The summed E-state index contributed by atoms with van der Waals surface area (Å²) < 4.78 is 16.6. The van der Waals surface area contributed by atoms with Gasteiger partial charge >= 0.3 is 17.9 Å². The predicted octanol–water partition coefficient (Wildman–Crippen LogP) is 1.18. The summed E-state index contributed by atoms with van der Waals surface area (Å²) in [6, 6.07) is 3.37. The number of benzene rings is 1. The molecule has 1 saturated heterocycles. The van der Waals surface area contributed by atoms with Crippen molar-refractivity contribution in [1.82, 2.24) is 4.90 Å². The minimum Gasteiger partial charge on any atom is -0.481 e. The maximum Gasteiger partial charge on any atom is 0.344 e. The fraction of sp³-hybridized carbons (Fsp3) is 0.593. The van der Waals surface area contributed by atoms with Gasteiger partial charge in [-0.1, -0.05) is 19.6 Å². The first kappa shape index (κ1) is 29.6. The normalized spacial score (nSPS) is 29.3. The zero-order valence-electron chi connectivity index (χ0n) is 21.3. The second-order valence-corrected chi connectivity index (χ2v) is 10.1. The van der Waals surface area contributed by atoms with Crippen molar-refractivity contribution < 1.29 is 49.0 Å². The van der Waals surface area contributed by atoms with E-state index in [1.54, 1.807) is 12.1 Å². The predicted molar refractivity (Wildman–Crippen MR) is 134 cm³/mol. The summed E-state index contributed by atoms with van der Waals surface area (Å²) in [5.41, 5.74) is -0.0409. The fourth-order valence-electron chi connectivity index (χ4n) is 5.92. The number of aliphatic hydroxyl groups excluding tert-OH is 2. The number of hydrogen-bond donors (Lipinski definition) is 4. The third-order valence-electron chi connectivity index (χ3n) is 8.11. The van der Waals surface area contributed by atoms with Gasteiger partial charge in [-0.3, -0.25) is 4.79 Å². The van der Waals surface area contributed by atoms with Crippen molar-refractivity contribution in [1.29, 1.82) is 0 Å². The highest BCUT2D eigenvalue weighted by atomic mass is 16.6. The number of rotatable bonds is 7. The van der Waals surface area contributed by atoms with E-state index in [2.05, 4.69) is 9.64 Å². The Bertz CT molecular complexity index is 1150. The molecule has 3 aliphatic rings. The van der Waals surface area contributed by atoms with Gasteiger partial charge in [-0.2, -0.15) is 0 Å². The van der Waals surface area contributed by atoms with E-state index in [1.807, 2.05) is 27.0 Å². The Morgan fingerprint density at radius 3 is 2.61 bits per heavy atom. The third-order valence-corrected chi connectivity index (χ3v) is 8.11. The van der Waals surface area contributed by atoms with Gasteiger partial charge < -0.3 is 39.5 Å². The highest BCUT2D eigenvalue weighted by Crippen LogP contribution is 2.61. The van der Waals surface area contributed by atoms with E-state index >= 15 is 0 Å². The van der Waals surface area contributed by atoms with Gasteiger partial charge in [0.1, 0.15) is 11.5 Å². The van der Waals surface area contributed by atoms with Crippen LogP contribution in [-0.2, 0) is 35.9 Å². The molecule has 0 amide bonds. The molecule has 0 bridgehead atoms. The second-order valence-electron chi connectivity index (χ2n) is 10.1. The van der Waals surface area contributed by atoms with Crippen LogP contribution in [0, 0.1) is 6.92 Å². The number of carboxylic acid groups (broad SMARTS) is 1. The number of fused-ring (bicyclic) bond motifs is 1. The second kappa shape index (κ2) is 10.6. The molecule has 0 unspecified atom stereocenters. The number of carbonyl (C=O) groups is 3. The molecule has 11 nitrogen and oxygen atoms in total. The van der Waals surface area contributed by atoms with Crippen LogP contribution < -0.4 is 4.74 Å². The molecular formula is C27H37NO10. The van der Waals surface area contributed by atoms with E-state index in [9.17, 15) is 29.7 Å². The lowest BCUT2D eigenvalue weighted by molar-refractivity contribution is -0.172. The molecule has 0 radical (unpaired) electrons. The van der Waals surface area contributed by atoms with Crippen molar-refractivity contribution in [2.45, 2.75) is 89.4 Å². The number of hydrogen-bond acceptors (Lipinski definition) is 10. The Kier molecular flexibility index (Phi) is 8.28. The smallest absolute Gasteiger partial charge is 0.344 e. The molecule has 4 N–H and O–H groups in total. The molecule has 1 aromatic rings. The van der Waals surface area contributed by atoms with Gasteiger partial charge in [0.05, 0.1) is 24.0 Å². The fourth-order valence-corrected chi connectivity index (χ4v) is 5.92. The van der Waals surface area contributed by atoms with Crippen molar-refractivity contribution in [3.63, 3.8) is 0 Å². The molecule has 0 saturated carbocycles. The average molecular weight is 536 g/mol. The number of ether oxygens (including phenoxy) is 3. The molecular weight excluding hydrogens is 498 g/mol. The van der Waals surface area contributed by atoms with Gasteiger partial charge in [-0.25, -0.2) is 9.59 Å². The van der Waals surface area contributed by atoms with Crippen molar-refractivity contribution in [2.75, 3.05) is 13.6 Å². The molecule has 1 aliphatic carbocycles. The average Bonchev–Trinajstić information content (AvgIpc) is 3.21. The Balaban J connectivity index is 0.00000400. The van der Waals surface area contributed by atoms with Crippen LogP contribution in [0.3, 0.4) is 0 Å². The first-order valence-electron chi connectivity index (χ1n) is 12.2. The summed E-state index contributed by atoms with van der Waals surface area (Å²) in [4.78, 5) is 37.7. The van der Waals surface area contributed by atoms with E-state index in [-0.39, 0.29) is 32.3 Å². The van der Waals surface area contributed by atoms with Gasteiger partial charge in [0, 0.05) is 23.6 Å². The number of aliphatic hydroxyl groups is 3. The van der Waals surface area contributed by atoms with Gasteiger partial charge in [-0.15, -0.1) is 0 Å². The molecule has 4 rings (SSSR count). The van der Waals surface area contributed by atoms with E-state index in [4.69, 9.17) is 14.6 Å². The molecule has 1 fully saturated rings. The zero-order chi connectivity index (χ0) is 27.3. The minimum atomic E-state index is -1.92. The molecule has 210 valence electrons. The van der Waals surface area contributed by atoms with Gasteiger partial charge in [0.15, 0.2) is 18.3 Å². The number of likely N-dealkylation sites (N-methyl/N-ethyl adjacent to an activating group) is 1. The lowest BCUT2D eigenvalue weighted by Gasteiger charge is -2.58. The summed E-state index contributed by atoms with van der Waals surface area (Å²) in [7, 11) is 1.93. The van der Waals surface area contributed by atoms with Crippen molar-refractivity contribution >= 4 is 17.9 Å². The SMILES string of the molecule is C.Cc1ccc(CO)c2c1[C@]13CCN(C)[C@H](C)[C@]1(O)CC=C(OC(=O)C[C@H](O)C(=O)O[C@@H](C)C(=O)O)[C@@H]3O2. The van der Waals surface area contributed by atoms with Crippen molar-refractivity contribution in [3.05, 3.63) is 40.7 Å². The molecule has 1 spiro atoms. The van der Waals surface area contributed by atoms with Crippen LogP contribution >= 0.6 is 0 Å². The zero-order valence-corrected chi connectivity index (χ0v) is 21.3. The summed E-state index contributed by atoms with van der Waals surface area (Å²) in [5.74, 6) is -2.99. The third kappa shape index (κ3) is 4.47. The van der Waals surface area contributed by atoms with Gasteiger partial charge in [-0.05, 0) is 52.4 Å². The molecule has 11 heteroatoms. The number of carboxylic acids is 1. The highest BCUT2D eigenvalue weighted by molar-refractivity contribution is 5.84. The number of likely N-dealkylation sites (tertiary alicyclic amines) is 1. The maximum absolute atomic E-state index is 12.7. The summed E-state index contributed by atoms with van der Waals surface area (Å²) in [6.45, 7) is 5.33. The number of aliphatic carboxylic acids is 1. The van der Waals surface area contributed by atoms with E-state index in [0.29, 0.717) is 24.3 Å². The minimum absolute atomic E-state index is 0. The van der Waals surface area contributed by atoms with Crippen LogP contribution in [0.5, 0.6) is 5.75 Å². The van der Waals surface area contributed by atoms with Crippen LogP contribution in [0.2, 0.25) is 0 Å². The Morgan fingerprint density at radius 1 is 1.29 bits per heavy atom. The number of aryl methyl sites for hydroxylation is 1. The maximum atomic E-state index is 12.7. The monoisotopic (exact) mass is 535 g/mol. The Morgan fingerprint density at radius 2 is 1.97 bits per heavy atom. The number of carbonyl (C=O) groups excluding carboxylic acids is 2. The summed E-state index contributed by atoms with van der Waals surface area (Å²) >= 11 is 0. The molecule has 0 aromatic heterocycles. The Hall–Kier alpha value is -2.99. The Labute approximate surface area is 221 Å². The lowest BCUT2D eigenvalue weighted by Crippen LogP contribution is -2.71. The number of esters is 2. The first-order valence-corrected chi connectivity index (χ1v) is 12.2. The van der Waals surface area contributed by atoms with Crippen LogP contribution in [-0.4, -0.2) is 86.8 Å². The van der Waals surface area contributed by atoms with Crippen LogP contribution in [0.4, 0.5) is 0 Å². The van der Waals surface area contributed by atoms with E-state index < -0.39 is 53.7 Å². The van der Waals surface area contributed by atoms with Crippen LogP contribution in [0.25, 0.3) is 0 Å². The molecule has 2 aliphatic heterocycles. The van der Waals surface area contributed by atoms with E-state index in [0.717, 1.165) is 18.1 Å². The van der Waals surface area contributed by atoms with Crippen molar-refractivity contribution in [2.24, 2.45) is 0 Å². The molecule has 2 heterocycles. The standard InChI is InChI=1S/C26H33NO10.CH4/c1-13-5-6-16(12-28)21-20(13)25-9-10-27(4)15(3)26(25,34)8-7-18(22(25)37-21)36-19(30)11-17(29)24(33)35-14(2)23(31)32;/h5-7,14-15,17,22,28-29,34H,8-12H2,1-4H3,(H,31,32);1H4/t14-,15+,17-,22-,25-,26+;/m0./s1. The molecule has 38 heavy (non-hydrogen) atoms. The van der Waals surface area contributed by atoms with Crippen LogP contribution in [0.15, 0.2) is 24.0 Å². The molecule has 6 atom stereocenters. The van der Waals surface area contributed by atoms with Gasteiger partial charge in [0.25, 0.3) is 0 Å². The first-order chi connectivity index (χ1) is 17.4. The van der Waals surface area contributed by atoms with Crippen LogP contribution in [0.1, 0.15) is 57.2 Å². The van der Waals surface area contributed by atoms with E-state index in [1.165, 1.54) is 0 Å². The number of piperidine rings is 1. The molecule has 1 aromatic carbocycles. The number of nitrogens with zero attached hydrogens (tertiary/aromatic N) is 1. The summed E-state index contributed by atoms with van der Waals surface area (Å²) in [5, 5.41) is 41.1. The summed E-state index contributed by atoms with van der Waals surface area (Å²) in [6.07, 6.45) is -2.81. The largest absolute Gasteiger partial charge is 0.481 e. The van der Waals surface area contributed by atoms with Gasteiger partial charge in [0.2, 0.25) is 0 Å². The lowest BCUT2D eigenvalue weighted by atomic mass is 9.54. The highest BCUT2D eigenvalue weighted by Gasteiger charge is 2.69.